The lowest BCUT2D eigenvalue weighted by Crippen LogP contribution is -2.54. The summed E-state index contributed by atoms with van der Waals surface area (Å²) in [6, 6.07) is 16.8. The number of carbonyl (C=O) groups excluding carboxylic acids is 4. The van der Waals surface area contributed by atoms with Crippen molar-refractivity contribution in [2.75, 3.05) is 51.0 Å². The molecule has 2 saturated heterocycles. The molecule has 4 fully saturated rings. The highest BCUT2D eigenvalue weighted by atomic mass is 16.5. The molecule has 59 heavy (non-hydrogen) atoms. The number of aromatic nitrogens is 3. The van der Waals surface area contributed by atoms with Gasteiger partial charge in [-0.25, -0.2) is 4.98 Å². The van der Waals surface area contributed by atoms with Crippen LogP contribution in [0, 0.1) is 17.8 Å². The summed E-state index contributed by atoms with van der Waals surface area (Å²) in [6.07, 6.45) is 9.50. The van der Waals surface area contributed by atoms with E-state index in [1.165, 1.54) is 22.8 Å². The Morgan fingerprint density at radius 3 is 2.42 bits per heavy atom. The number of anilines is 1. The van der Waals surface area contributed by atoms with E-state index in [1.54, 1.807) is 12.1 Å². The fraction of sp³-hybridized carbons (Fsp3) is 0.422. The Kier molecular flexibility index (Phi) is 9.85. The molecular formula is C45H46N6O8. The number of hydrogen-bond acceptors (Lipinski definition) is 11. The van der Waals surface area contributed by atoms with E-state index in [-0.39, 0.29) is 36.2 Å². The molecule has 3 atom stereocenters. The van der Waals surface area contributed by atoms with Gasteiger partial charge in [-0.05, 0) is 85.4 Å². The summed E-state index contributed by atoms with van der Waals surface area (Å²) >= 11 is 0. The summed E-state index contributed by atoms with van der Waals surface area (Å²) in [7, 11) is 2.09. The van der Waals surface area contributed by atoms with Gasteiger partial charge < -0.3 is 28.4 Å². The lowest BCUT2D eigenvalue weighted by atomic mass is 9.78. The van der Waals surface area contributed by atoms with E-state index in [4.69, 9.17) is 18.9 Å². The molecule has 14 heteroatoms. The number of piperidine rings is 1. The number of nitrogens with zero attached hydrogens (tertiary/aromatic N) is 5. The van der Waals surface area contributed by atoms with Crippen molar-refractivity contribution in [3.8, 4) is 17.0 Å². The topological polar surface area (TPSA) is 154 Å². The van der Waals surface area contributed by atoms with E-state index in [0.29, 0.717) is 63.2 Å². The van der Waals surface area contributed by atoms with Crippen LogP contribution in [0.15, 0.2) is 73.2 Å². The molecule has 2 aliphatic carbocycles. The lowest BCUT2D eigenvalue weighted by molar-refractivity contribution is -0.136. The molecule has 6 heterocycles. The first-order valence-electron chi connectivity index (χ1n) is 20.6. The maximum atomic E-state index is 13.1. The summed E-state index contributed by atoms with van der Waals surface area (Å²) in [5.74, 6) is 0.682. The van der Waals surface area contributed by atoms with Crippen LogP contribution in [-0.4, -0.2) is 107 Å². The van der Waals surface area contributed by atoms with Crippen molar-refractivity contribution in [2.45, 2.75) is 50.4 Å². The molecule has 1 N–H and O–H groups in total. The average Bonchev–Trinajstić information content (AvgIpc) is 3.86. The molecule has 10 rings (SSSR count). The van der Waals surface area contributed by atoms with E-state index in [0.717, 1.165) is 46.5 Å². The zero-order valence-corrected chi connectivity index (χ0v) is 32.9. The number of aryl methyl sites for hydroxylation is 1. The minimum atomic E-state index is -0.976. The number of fused-ring (bicyclic) bond motifs is 4. The Morgan fingerprint density at radius 1 is 0.780 bits per heavy atom. The predicted molar refractivity (Wildman–Crippen MR) is 217 cm³/mol. The van der Waals surface area contributed by atoms with Crippen LogP contribution < -0.4 is 15.0 Å². The number of ether oxygens (including phenoxy) is 4. The minimum absolute atomic E-state index is 0.0432. The Morgan fingerprint density at radius 2 is 1.59 bits per heavy atom. The lowest BCUT2D eigenvalue weighted by Gasteiger charge is -2.40. The van der Waals surface area contributed by atoms with E-state index >= 15 is 0 Å². The molecule has 2 aromatic carbocycles. The average molecular weight is 799 g/mol. The molecule has 0 spiro atoms. The van der Waals surface area contributed by atoms with Gasteiger partial charge in [-0.1, -0.05) is 12.1 Å². The van der Waals surface area contributed by atoms with Gasteiger partial charge in [0.1, 0.15) is 12.1 Å². The maximum absolute atomic E-state index is 13.1. The van der Waals surface area contributed by atoms with Gasteiger partial charge in [-0.2, -0.15) is 0 Å². The summed E-state index contributed by atoms with van der Waals surface area (Å²) in [5, 5.41) is 4.58. The van der Waals surface area contributed by atoms with E-state index in [2.05, 4.69) is 62.1 Å². The summed E-state index contributed by atoms with van der Waals surface area (Å²) in [4.78, 5) is 62.0. The number of carbonyl (C=O) groups is 4. The largest absolute Gasteiger partial charge is 0.474 e. The quantitative estimate of drug-likeness (QED) is 0.113. The Bertz CT molecular complexity index is 2460. The zero-order chi connectivity index (χ0) is 40.2. The molecule has 5 aromatic rings. The molecule has 4 amide bonds. The molecule has 2 saturated carbocycles. The van der Waals surface area contributed by atoms with Gasteiger partial charge in [0.25, 0.3) is 11.8 Å². The molecule has 3 aromatic heterocycles. The van der Waals surface area contributed by atoms with Crippen molar-refractivity contribution in [3.05, 3.63) is 84.3 Å². The van der Waals surface area contributed by atoms with Crippen molar-refractivity contribution in [1.82, 2.24) is 24.8 Å². The zero-order valence-electron chi connectivity index (χ0n) is 32.9. The normalized spacial score (nSPS) is 24.1. The number of hydrogen-bond donors (Lipinski definition) is 1. The van der Waals surface area contributed by atoms with E-state index in [9.17, 15) is 19.2 Å². The third kappa shape index (κ3) is 7.23. The third-order valence-corrected chi connectivity index (χ3v) is 12.8. The highest BCUT2D eigenvalue weighted by Crippen LogP contribution is 2.52. The summed E-state index contributed by atoms with van der Waals surface area (Å²) in [5.41, 5.74) is 5.90. The second kappa shape index (κ2) is 15.5. The SMILES string of the molecule is Cn1c2ccncc2c2ccc(-c3ccc(OC4CC([C@H]5C[C@H]5COCCOCCOC5CN(c6ccc7c(c6)C(=O)N(C6CCC(=O)NC6=O)C7=O)C5)C4)nc3)cc21. The number of benzene rings is 2. The first-order chi connectivity index (χ1) is 28.8. The maximum Gasteiger partial charge on any atom is 0.262 e. The van der Waals surface area contributed by atoms with Crippen molar-refractivity contribution >= 4 is 51.1 Å². The van der Waals surface area contributed by atoms with Crippen LogP contribution in [0.4, 0.5) is 5.69 Å². The van der Waals surface area contributed by atoms with Crippen LogP contribution in [0.2, 0.25) is 0 Å². The highest BCUT2D eigenvalue weighted by Gasteiger charge is 2.49. The van der Waals surface area contributed by atoms with Crippen LogP contribution in [0.25, 0.3) is 32.9 Å². The monoisotopic (exact) mass is 798 g/mol. The van der Waals surface area contributed by atoms with Gasteiger partial charge in [0.15, 0.2) is 0 Å². The van der Waals surface area contributed by atoms with Crippen molar-refractivity contribution in [2.24, 2.45) is 24.8 Å². The fourth-order valence-corrected chi connectivity index (χ4v) is 9.26. The summed E-state index contributed by atoms with van der Waals surface area (Å²) in [6.45, 7) is 4.13. The smallest absolute Gasteiger partial charge is 0.262 e. The molecule has 3 aliphatic heterocycles. The van der Waals surface area contributed by atoms with Crippen LogP contribution >= 0.6 is 0 Å². The van der Waals surface area contributed by atoms with Gasteiger partial charge in [0.2, 0.25) is 17.7 Å². The molecule has 14 nitrogen and oxygen atoms in total. The second-order valence-electron chi connectivity index (χ2n) is 16.5. The molecular weight excluding hydrogens is 753 g/mol. The molecule has 0 radical (unpaired) electrons. The van der Waals surface area contributed by atoms with Crippen LogP contribution in [0.5, 0.6) is 5.88 Å². The predicted octanol–water partition coefficient (Wildman–Crippen LogP) is 4.92. The number of rotatable bonds is 15. The molecule has 0 bridgehead atoms. The van der Waals surface area contributed by atoms with Gasteiger partial charge in [0, 0.05) is 85.4 Å². The van der Waals surface area contributed by atoms with Crippen molar-refractivity contribution in [3.63, 3.8) is 0 Å². The van der Waals surface area contributed by atoms with Gasteiger partial charge >= 0.3 is 0 Å². The minimum Gasteiger partial charge on any atom is -0.474 e. The molecule has 1 unspecified atom stereocenters. The second-order valence-corrected chi connectivity index (χ2v) is 16.5. The van der Waals surface area contributed by atoms with Crippen LogP contribution in [0.1, 0.15) is 52.8 Å². The van der Waals surface area contributed by atoms with Gasteiger partial charge in [-0.3, -0.25) is 34.4 Å². The van der Waals surface area contributed by atoms with Gasteiger partial charge in [-0.15, -0.1) is 0 Å². The molecule has 5 aliphatic rings. The Balaban J connectivity index is 0.579. The van der Waals surface area contributed by atoms with Gasteiger partial charge in [0.05, 0.1) is 49.2 Å². The number of imide groups is 2. The number of nitrogens with one attached hydrogen (secondary N) is 1. The van der Waals surface area contributed by atoms with Crippen LogP contribution in [0.3, 0.4) is 0 Å². The van der Waals surface area contributed by atoms with E-state index in [1.807, 2.05) is 30.7 Å². The first kappa shape index (κ1) is 37.6. The first-order valence-corrected chi connectivity index (χ1v) is 20.6. The Labute approximate surface area is 340 Å². The number of pyridine rings is 2. The summed E-state index contributed by atoms with van der Waals surface area (Å²) < 4.78 is 26.1. The fourth-order valence-electron chi connectivity index (χ4n) is 9.26. The van der Waals surface area contributed by atoms with Crippen molar-refractivity contribution in [1.29, 1.82) is 0 Å². The van der Waals surface area contributed by atoms with E-state index < -0.39 is 29.7 Å². The van der Waals surface area contributed by atoms with Crippen LogP contribution in [-0.2, 0) is 30.8 Å². The molecule has 304 valence electrons. The number of amides is 4. The Hall–Kier alpha value is -5.70. The standard InChI is InChI=1S/C45H46N6O8/c1-49-38-10-11-46-22-37(38)33-5-2-26(19-40(33)49)27-3-9-42(47-21-27)59-31-16-28(17-31)35-18-29(35)25-57-13-12-56-14-15-58-32-23-50(24-32)30-4-6-34-36(20-30)45(55)51(44(34)54)39-7-8-41(52)48-43(39)53/h2-6,9-11,19-22,28-29,31-32,35,39H,7-8,12-18,23-25H2,1H3,(H,48,52,53)/t28?,29-,31?,35+,39?/m0/s1. The third-order valence-electron chi connectivity index (χ3n) is 12.8. The highest BCUT2D eigenvalue weighted by molar-refractivity contribution is 6.23. The van der Waals surface area contributed by atoms with Crippen molar-refractivity contribution < 1.29 is 38.1 Å².